The Morgan fingerprint density at radius 3 is 2.79 bits per heavy atom. The molecule has 1 aromatic heterocycles. The van der Waals surface area contributed by atoms with Crippen LogP contribution in [-0.4, -0.2) is 23.3 Å². The van der Waals surface area contributed by atoms with E-state index in [4.69, 9.17) is 0 Å². The van der Waals surface area contributed by atoms with E-state index in [0.29, 0.717) is 19.4 Å². The monoisotopic (exact) mass is 391 g/mol. The van der Waals surface area contributed by atoms with Crippen LogP contribution in [0.2, 0.25) is 0 Å². The number of nitrogens with one attached hydrogen (secondary N) is 1. The highest BCUT2D eigenvalue weighted by atomic mass is 32.1. The van der Waals surface area contributed by atoms with Gasteiger partial charge in [0.15, 0.2) is 0 Å². The molecule has 0 saturated heterocycles. The van der Waals surface area contributed by atoms with E-state index in [0.717, 1.165) is 39.6 Å². The van der Waals surface area contributed by atoms with Crippen LogP contribution in [-0.2, 0) is 22.4 Å². The van der Waals surface area contributed by atoms with Crippen molar-refractivity contribution in [2.45, 2.75) is 26.2 Å². The van der Waals surface area contributed by atoms with Gasteiger partial charge in [-0.15, -0.1) is 11.3 Å². The summed E-state index contributed by atoms with van der Waals surface area (Å²) in [6.45, 7) is 2.27. The number of anilines is 2. The van der Waals surface area contributed by atoms with Gasteiger partial charge in [0.25, 0.3) is 0 Å². The Kier molecular flexibility index (Phi) is 5.21. The minimum Gasteiger partial charge on any atom is -0.326 e. The van der Waals surface area contributed by atoms with E-state index in [2.05, 4.69) is 10.3 Å². The van der Waals surface area contributed by atoms with Crippen LogP contribution in [0.15, 0.2) is 53.9 Å². The van der Waals surface area contributed by atoms with Crippen molar-refractivity contribution in [1.29, 1.82) is 0 Å². The molecule has 6 heteroatoms. The Hall–Kier alpha value is -2.99. The molecule has 1 aliphatic rings. The molecule has 1 aliphatic heterocycles. The Morgan fingerprint density at radius 2 is 2.00 bits per heavy atom. The Balaban J connectivity index is 1.36. The summed E-state index contributed by atoms with van der Waals surface area (Å²) >= 11 is 1.58. The normalized spacial score (nSPS) is 12.7. The third kappa shape index (κ3) is 3.97. The van der Waals surface area contributed by atoms with Crippen molar-refractivity contribution in [2.24, 2.45) is 0 Å². The summed E-state index contributed by atoms with van der Waals surface area (Å²) in [6.07, 6.45) is 1.83. The van der Waals surface area contributed by atoms with E-state index in [-0.39, 0.29) is 11.8 Å². The molecular formula is C22H21N3O2S. The molecule has 0 atom stereocenters. The van der Waals surface area contributed by atoms with Gasteiger partial charge in [-0.3, -0.25) is 9.59 Å². The first-order valence-corrected chi connectivity index (χ1v) is 10.2. The third-order valence-electron chi connectivity index (χ3n) is 4.83. The molecule has 2 aromatic carbocycles. The molecule has 2 heterocycles. The topological polar surface area (TPSA) is 62.3 Å². The summed E-state index contributed by atoms with van der Waals surface area (Å²) in [4.78, 5) is 30.5. The van der Waals surface area contributed by atoms with Gasteiger partial charge in [0.2, 0.25) is 11.8 Å². The number of aryl methyl sites for hydroxylation is 1. The summed E-state index contributed by atoms with van der Waals surface area (Å²) in [5.41, 5.74) is 4.80. The smallest absolute Gasteiger partial charge is 0.224 e. The van der Waals surface area contributed by atoms with Crippen LogP contribution in [0.1, 0.15) is 23.9 Å². The zero-order valence-corrected chi connectivity index (χ0v) is 16.5. The number of rotatable bonds is 5. The van der Waals surface area contributed by atoms with Gasteiger partial charge in [-0.05, 0) is 24.1 Å². The summed E-state index contributed by atoms with van der Waals surface area (Å²) in [5.74, 6) is -0.0241. The van der Waals surface area contributed by atoms with Gasteiger partial charge in [-0.2, -0.15) is 0 Å². The number of nitrogens with zero attached hydrogens (tertiary/aromatic N) is 2. The van der Waals surface area contributed by atoms with Crippen molar-refractivity contribution in [3.8, 4) is 11.3 Å². The van der Waals surface area contributed by atoms with Gasteiger partial charge < -0.3 is 10.2 Å². The minimum atomic E-state index is -0.0521. The second-order valence-corrected chi connectivity index (χ2v) is 7.75. The van der Waals surface area contributed by atoms with Crippen molar-refractivity contribution in [3.63, 3.8) is 0 Å². The molecule has 3 aromatic rings. The van der Waals surface area contributed by atoms with Gasteiger partial charge in [-0.25, -0.2) is 4.98 Å². The van der Waals surface area contributed by atoms with Crippen molar-refractivity contribution in [1.82, 2.24) is 4.98 Å². The molecule has 142 valence electrons. The van der Waals surface area contributed by atoms with Crippen LogP contribution >= 0.6 is 11.3 Å². The molecule has 4 rings (SSSR count). The number of benzene rings is 2. The lowest BCUT2D eigenvalue weighted by Gasteiger charge is -2.15. The van der Waals surface area contributed by atoms with Crippen molar-refractivity contribution < 1.29 is 9.59 Å². The molecule has 0 bridgehead atoms. The van der Waals surface area contributed by atoms with E-state index in [1.165, 1.54) is 0 Å². The van der Waals surface area contributed by atoms with E-state index < -0.39 is 0 Å². The molecule has 0 spiro atoms. The number of aromatic nitrogens is 1. The highest BCUT2D eigenvalue weighted by molar-refractivity contribution is 7.09. The second kappa shape index (κ2) is 7.94. The number of carbonyl (C=O) groups is 2. The van der Waals surface area contributed by atoms with E-state index in [9.17, 15) is 9.59 Å². The molecule has 0 aliphatic carbocycles. The van der Waals surface area contributed by atoms with Crippen LogP contribution in [0.25, 0.3) is 11.3 Å². The standard InChI is InChI=1S/C22H21N3O2S/c1-15(26)25-12-11-17-7-8-18(13-20(17)25)23-21(27)9-10-22-24-19(14-28-22)16-5-3-2-4-6-16/h2-8,13-14H,9-12H2,1H3,(H,23,27). The molecule has 2 amide bonds. The first-order valence-electron chi connectivity index (χ1n) is 9.31. The van der Waals surface area contributed by atoms with Gasteiger partial charge in [0, 0.05) is 48.6 Å². The fourth-order valence-electron chi connectivity index (χ4n) is 3.40. The van der Waals surface area contributed by atoms with Gasteiger partial charge in [0.05, 0.1) is 10.7 Å². The van der Waals surface area contributed by atoms with Crippen LogP contribution in [0.5, 0.6) is 0 Å². The summed E-state index contributed by atoms with van der Waals surface area (Å²) in [7, 11) is 0. The van der Waals surface area contributed by atoms with Gasteiger partial charge in [-0.1, -0.05) is 36.4 Å². The molecule has 1 N–H and O–H groups in total. The van der Waals surface area contributed by atoms with E-state index in [1.54, 1.807) is 23.2 Å². The lowest BCUT2D eigenvalue weighted by Crippen LogP contribution is -2.25. The molecule has 0 unspecified atom stereocenters. The largest absolute Gasteiger partial charge is 0.326 e. The van der Waals surface area contributed by atoms with Crippen LogP contribution < -0.4 is 10.2 Å². The number of hydrogen-bond acceptors (Lipinski definition) is 4. The SMILES string of the molecule is CC(=O)N1CCc2ccc(NC(=O)CCc3nc(-c4ccccc4)cs3)cc21. The second-order valence-electron chi connectivity index (χ2n) is 6.80. The maximum Gasteiger partial charge on any atom is 0.224 e. The van der Waals surface area contributed by atoms with Crippen molar-refractivity contribution in [3.05, 3.63) is 64.5 Å². The first-order chi connectivity index (χ1) is 13.6. The van der Waals surface area contributed by atoms with Crippen LogP contribution in [0.4, 0.5) is 11.4 Å². The van der Waals surface area contributed by atoms with Crippen LogP contribution in [0, 0.1) is 0 Å². The van der Waals surface area contributed by atoms with Gasteiger partial charge >= 0.3 is 0 Å². The Labute approximate surface area is 168 Å². The quantitative estimate of drug-likeness (QED) is 0.706. The highest BCUT2D eigenvalue weighted by Crippen LogP contribution is 2.31. The molecule has 0 radical (unpaired) electrons. The van der Waals surface area contributed by atoms with E-state index in [1.807, 2.05) is 53.9 Å². The van der Waals surface area contributed by atoms with Crippen LogP contribution in [0.3, 0.4) is 0 Å². The first kappa shape index (κ1) is 18.4. The average molecular weight is 391 g/mol. The molecular weight excluding hydrogens is 370 g/mol. The summed E-state index contributed by atoms with van der Waals surface area (Å²) in [5, 5.41) is 5.92. The molecule has 0 fully saturated rings. The molecule has 28 heavy (non-hydrogen) atoms. The average Bonchev–Trinajstić information content (AvgIpc) is 3.34. The van der Waals surface area contributed by atoms with Gasteiger partial charge in [0.1, 0.15) is 0 Å². The minimum absolute atomic E-state index is 0.0280. The zero-order valence-electron chi connectivity index (χ0n) is 15.6. The lowest BCUT2D eigenvalue weighted by molar-refractivity contribution is -0.117. The zero-order chi connectivity index (χ0) is 19.5. The number of carbonyl (C=O) groups excluding carboxylic acids is 2. The number of hydrogen-bond donors (Lipinski definition) is 1. The predicted octanol–water partition coefficient (Wildman–Crippen LogP) is 4.29. The Bertz CT molecular complexity index is 1010. The van der Waals surface area contributed by atoms with Crippen molar-refractivity contribution in [2.75, 3.05) is 16.8 Å². The predicted molar refractivity (Wildman–Crippen MR) is 113 cm³/mol. The van der Waals surface area contributed by atoms with E-state index >= 15 is 0 Å². The third-order valence-corrected chi connectivity index (χ3v) is 5.74. The maximum absolute atomic E-state index is 12.4. The number of thiazole rings is 1. The highest BCUT2D eigenvalue weighted by Gasteiger charge is 2.22. The maximum atomic E-state index is 12.4. The fraction of sp³-hybridized carbons (Fsp3) is 0.227. The lowest BCUT2D eigenvalue weighted by atomic mass is 10.1. The Morgan fingerprint density at radius 1 is 1.18 bits per heavy atom. The summed E-state index contributed by atoms with van der Waals surface area (Å²) < 4.78 is 0. The summed E-state index contributed by atoms with van der Waals surface area (Å²) in [6, 6.07) is 15.8. The fourth-order valence-corrected chi connectivity index (χ4v) is 4.20. The molecule has 5 nitrogen and oxygen atoms in total. The number of amides is 2. The number of fused-ring (bicyclic) bond motifs is 1. The van der Waals surface area contributed by atoms with Crippen molar-refractivity contribution >= 4 is 34.5 Å². The molecule has 0 saturated carbocycles.